The van der Waals surface area contributed by atoms with Crippen molar-refractivity contribution in [3.63, 3.8) is 0 Å². The Morgan fingerprint density at radius 3 is 2.62 bits per heavy atom. The smallest absolute Gasteiger partial charge is 0.333 e. The molecule has 0 spiro atoms. The van der Waals surface area contributed by atoms with Crippen LogP contribution in [0.2, 0.25) is 0 Å². The summed E-state index contributed by atoms with van der Waals surface area (Å²) < 4.78 is 5.17. The molecule has 1 aliphatic carbocycles. The number of allylic oxidation sites excluding steroid dienone is 1. The largest absolute Gasteiger partial charge is 0.460 e. The second-order valence-electron chi connectivity index (χ2n) is 5.34. The second-order valence-corrected chi connectivity index (χ2v) is 5.34. The van der Waals surface area contributed by atoms with E-state index in [-0.39, 0.29) is 12.1 Å². The first-order valence-electron chi connectivity index (χ1n) is 6.38. The quantitative estimate of drug-likeness (QED) is 0.539. The zero-order valence-corrected chi connectivity index (χ0v) is 11.0. The van der Waals surface area contributed by atoms with Gasteiger partial charge in [-0.05, 0) is 45.4 Å². The van der Waals surface area contributed by atoms with Crippen LogP contribution in [0.3, 0.4) is 0 Å². The Morgan fingerprint density at radius 2 is 2.06 bits per heavy atom. The molecule has 1 saturated carbocycles. The topological polar surface area (TPSA) is 26.3 Å². The van der Waals surface area contributed by atoms with E-state index in [2.05, 4.69) is 13.0 Å². The third-order valence-corrected chi connectivity index (χ3v) is 3.13. The standard InChI is InChI=1S/C14H24O2/c1-10(2)16-14(15)12(4)9-13-7-5-6-11(3)8-13/h9-11,13H,5-8H2,1-4H3. The maximum absolute atomic E-state index is 11.6. The van der Waals surface area contributed by atoms with Crippen LogP contribution in [0, 0.1) is 11.8 Å². The van der Waals surface area contributed by atoms with E-state index in [1.807, 2.05) is 20.8 Å². The van der Waals surface area contributed by atoms with Crippen molar-refractivity contribution < 1.29 is 9.53 Å². The van der Waals surface area contributed by atoms with E-state index >= 15 is 0 Å². The van der Waals surface area contributed by atoms with Crippen LogP contribution in [0.5, 0.6) is 0 Å². The first-order valence-corrected chi connectivity index (χ1v) is 6.38. The van der Waals surface area contributed by atoms with Crippen molar-refractivity contribution in [2.75, 3.05) is 0 Å². The van der Waals surface area contributed by atoms with Gasteiger partial charge in [-0.1, -0.05) is 25.8 Å². The Morgan fingerprint density at radius 1 is 1.38 bits per heavy atom. The summed E-state index contributed by atoms with van der Waals surface area (Å²) in [5, 5.41) is 0. The lowest BCUT2D eigenvalue weighted by Crippen LogP contribution is -2.15. The Balaban J connectivity index is 2.51. The van der Waals surface area contributed by atoms with Gasteiger partial charge < -0.3 is 4.74 Å². The summed E-state index contributed by atoms with van der Waals surface area (Å²) in [5.74, 6) is 1.21. The summed E-state index contributed by atoms with van der Waals surface area (Å²) in [6, 6.07) is 0. The predicted octanol–water partition coefficient (Wildman–Crippen LogP) is 3.71. The van der Waals surface area contributed by atoms with Gasteiger partial charge in [0.15, 0.2) is 0 Å². The molecular formula is C14H24O2. The second kappa shape index (κ2) is 6.07. The number of carbonyl (C=O) groups is 1. The van der Waals surface area contributed by atoms with E-state index in [1.54, 1.807) is 0 Å². The Labute approximate surface area is 99.1 Å². The molecule has 2 atom stereocenters. The summed E-state index contributed by atoms with van der Waals surface area (Å²) in [6.07, 6.45) is 7.14. The predicted molar refractivity (Wildman–Crippen MR) is 66.1 cm³/mol. The number of hydrogen-bond donors (Lipinski definition) is 0. The van der Waals surface area contributed by atoms with Crippen molar-refractivity contribution in [1.82, 2.24) is 0 Å². The van der Waals surface area contributed by atoms with Crippen molar-refractivity contribution in [2.45, 2.75) is 59.5 Å². The molecule has 0 aromatic carbocycles. The number of carbonyl (C=O) groups excluding carboxylic acids is 1. The van der Waals surface area contributed by atoms with Crippen LogP contribution in [0.25, 0.3) is 0 Å². The summed E-state index contributed by atoms with van der Waals surface area (Å²) >= 11 is 0. The molecule has 0 heterocycles. The van der Waals surface area contributed by atoms with Gasteiger partial charge in [0.1, 0.15) is 0 Å². The van der Waals surface area contributed by atoms with E-state index in [0.29, 0.717) is 5.92 Å². The van der Waals surface area contributed by atoms with Crippen LogP contribution in [0.4, 0.5) is 0 Å². The van der Waals surface area contributed by atoms with Gasteiger partial charge in [-0.3, -0.25) is 0 Å². The fourth-order valence-corrected chi connectivity index (χ4v) is 2.36. The van der Waals surface area contributed by atoms with E-state index in [9.17, 15) is 4.79 Å². The minimum absolute atomic E-state index is 0.0267. The molecule has 2 unspecified atom stereocenters. The highest BCUT2D eigenvalue weighted by molar-refractivity contribution is 5.87. The number of ether oxygens (including phenoxy) is 1. The van der Waals surface area contributed by atoms with Crippen LogP contribution in [-0.4, -0.2) is 12.1 Å². The Bertz CT molecular complexity index is 266. The Hall–Kier alpha value is -0.790. The number of hydrogen-bond acceptors (Lipinski definition) is 2. The normalized spacial score (nSPS) is 26.9. The highest BCUT2D eigenvalue weighted by Gasteiger charge is 2.18. The van der Waals surface area contributed by atoms with Crippen molar-refractivity contribution in [3.05, 3.63) is 11.6 Å². The van der Waals surface area contributed by atoms with Gasteiger partial charge in [0, 0.05) is 5.57 Å². The minimum atomic E-state index is -0.159. The van der Waals surface area contributed by atoms with Gasteiger partial charge in [-0.25, -0.2) is 4.79 Å². The lowest BCUT2D eigenvalue weighted by molar-refractivity contribution is -0.142. The monoisotopic (exact) mass is 224 g/mol. The van der Waals surface area contributed by atoms with E-state index in [4.69, 9.17) is 4.74 Å². The molecule has 0 aromatic heterocycles. The fourth-order valence-electron chi connectivity index (χ4n) is 2.36. The molecule has 0 bridgehead atoms. The van der Waals surface area contributed by atoms with Crippen LogP contribution in [0.1, 0.15) is 53.4 Å². The van der Waals surface area contributed by atoms with Crippen LogP contribution in [-0.2, 0) is 9.53 Å². The van der Waals surface area contributed by atoms with Crippen molar-refractivity contribution in [2.24, 2.45) is 11.8 Å². The average molecular weight is 224 g/mol. The van der Waals surface area contributed by atoms with Crippen molar-refractivity contribution in [3.8, 4) is 0 Å². The third-order valence-electron chi connectivity index (χ3n) is 3.13. The molecule has 0 saturated heterocycles. The van der Waals surface area contributed by atoms with E-state index < -0.39 is 0 Å². The molecule has 0 aliphatic heterocycles. The summed E-state index contributed by atoms with van der Waals surface area (Å²) in [7, 11) is 0. The van der Waals surface area contributed by atoms with Crippen LogP contribution >= 0.6 is 0 Å². The molecular weight excluding hydrogens is 200 g/mol. The van der Waals surface area contributed by atoms with Gasteiger partial charge >= 0.3 is 5.97 Å². The highest BCUT2D eigenvalue weighted by Crippen LogP contribution is 2.30. The molecule has 1 rings (SSSR count). The van der Waals surface area contributed by atoms with Gasteiger partial charge in [0.2, 0.25) is 0 Å². The summed E-state index contributed by atoms with van der Waals surface area (Å²) in [4.78, 5) is 11.6. The molecule has 0 radical (unpaired) electrons. The number of esters is 1. The van der Waals surface area contributed by atoms with Gasteiger partial charge in [0.25, 0.3) is 0 Å². The first-order chi connectivity index (χ1) is 7.49. The third kappa shape index (κ3) is 4.38. The van der Waals surface area contributed by atoms with Crippen molar-refractivity contribution >= 4 is 5.97 Å². The van der Waals surface area contributed by atoms with Gasteiger partial charge in [-0.2, -0.15) is 0 Å². The van der Waals surface area contributed by atoms with Crippen LogP contribution in [0.15, 0.2) is 11.6 Å². The molecule has 1 fully saturated rings. The molecule has 2 heteroatoms. The molecule has 92 valence electrons. The molecule has 16 heavy (non-hydrogen) atoms. The lowest BCUT2D eigenvalue weighted by atomic mass is 9.82. The average Bonchev–Trinajstić information content (AvgIpc) is 2.16. The van der Waals surface area contributed by atoms with Gasteiger partial charge in [-0.15, -0.1) is 0 Å². The number of rotatable bonds is 3. The molecule has 0 N–H and O–H groups in total. The maximum Gasteiger partial charge on any atom is 0.333 e. The van der Waals surface area contributed by atoms with E-state index in [0.717, 1.165) is 11.5 Å². The molecule has 2 nitrogen and oxygen atoms in total. The SMILES string of the molecule is CC(=CC1CCCC(C)C1)C(=O)OC(C)C. The highest BCUT2D eigenvalue weighted by atomic mass is 16.5. The zero-order valence-electron chi connectivity index (χ0n) is 11.0. The summed E-state index contributed by atoms with van der Waals surface area (Å²) in [5.41, 5.74) is 0.771. The Kier molecular flexibility index (Phi) is 5.04. The maximum atomic E-state index is 11.6. The minimum Gasteiger partial charge on any atom is -0.460 e. The van der Waals surface area contributed by atoms with Gasteiger partial charge in [0.05, 0.1) is 6.10 Å². The molecule has 1 aliphatic rings. The van der Waals surface area contributed by atoms with Crippen molar-refractivity contribution in [1.29, 1.82) is 0 Å². The summed E-state index contributed by atoms with van der Waals surface area (Å²) in [6.45, 7) is 7.92. The van der Waals surface area contributed by atoms with E-state index in [1.165, 1.54) is 25.7 Å². The van der Waals surface area contributed by atoms with Crippen LogP contribution < -0.4 is 0 Å². The molecule has 0 amide bonds. The lowest BCUT2D eigenvalue weighted by Gasteiger charge is -2.24. The zero-order chi connectivity index (χ0) is 12.1. The molecule has 0 aromatic rings. The fraction of sp³-hybridized carbons (Fsp3) is 0.786. The first kappa shape index (κ1) is 13.3.